The highest BCUT2D eigenvalue weighted by Gasteiger charge is 2.08. The van der Waals surface area contributed by atoms with E-state index in [1.54, 1.807) is 36.3 Å². The lowest BCUT2D eigenvalue weighted by molar-refractivity contribution is 0.102. The van der Waals surface area contributed by atoms with Crippen LogP contribution < -0.4 is 11.1 Å². The first-order valence-corrected chi connectivity index (χ1v) is 5.64. The van der Waals surface area contributed by atoms with E-state index in [1.807, 2.05) is 0 Å². The van der Waals surface area contributed by atoms with Gasteiger partial charge in [-0.3, -0.25) is 14.5 Å². The van der Waals surface area contributed by atoms with Crippen molar-refractivity contribution in [3.8, 4) is 11.8 Å². The largest absolute Gasteiger partial charge is 0.320 e. The van der Waals surface area contributed by atoms with Crippen LogP contribution in [-0.2, 0) is 7.05 Å². The Morgan fingerprint density at radius 3 is 3.05 bits per heavy atom. The molecule has 0 aliphatic heterocycles. The average molecular weight is 255 g/mol. The van der Waals surface area contributed by atoms with E-state index in [2.05, 4.69) is 27.2 Å². The average Bonchev–Trinajstić information content (AvgIpc) is 2.82. The standard InChI is InChI=1S/C13H13N5O/c1-18-6-4-12(17-18)16-13(19)11-7-10(3-2-5-14)8-15-9-11/h4,6-9H,5,14H2,1H3,(H,16,17,19). The van der Waals surface area contributed by atoms with E-state index in [-0.39, 0.29) is 12.5 Å². The van der Waals surface area contributed by atoms with Crippen molar-refractivity contribution in [2.24, 2.45) is 12.8 Å². The van der Waals surface area contributed by atoms with Crippen LogP contribution in [0, 0.1) is 11.8 Å². The normalized spacial score (nSPS) is 9.58. The fourth-order valence-electron chi connectivity index (χ4n) is 1.46. The SMILES string of the molecule is Cn1ccc(NC(=O)c2cncc(C#CCN)c2)n1. The van der Waals surface area contributed by atoms with Gasteiger partial charge in [0, 0.05) is 37.3 Å². The number of aromatic nitrogens is 3. The van der Waals surface area contributed by atoms with Gasteiger partial charge in [0.05, 0.1) is 12.1 Å². The summed E-state index contributed by atoms with van der Waals surface area (Å²) in [4.78, 5) is 16.0. The quantitative estimate of drug-likeness (QED) is 0.759. The number of carbonyl (C=O) groups is 1. The molecule has 2 rings (SSSR count). The van der Waals surface area contributed by atoms with Crippen LogP contribution in [0.3, 0.4) is 0 Å². The summed E-state index contributed by atoms with van der Waals surface area (Å²) < 4.78 is 1.61. The van der Waals surface area contributed by atoms with Crippen LogP contribution in [0.2, 0.25) is 0 Å². The van der Waals surface area contributed by atoms with Gasteiger partial charge < -0.3 is 11.1 Å². The Hall–Kier alpha value is -2.65. The van der Waals surface area contributed by atoms with Crippen LogP contribution in [0.4, 0.5) is 5.82 Å². The molecular formula is C13H13N5O. The predicted octanol–water partition coefficient (Wildman–Crippen LogP) is 0.378. The van der Waals surface area contributed by atoms with E-state index < -0.39 is 0 Å². The van der Waals surface area contributed by atoms with Gasteiger partial charge in [-0.2, -0.15) is 5.10 Å². The molecule has 0 aliphatic rings. The lowest BCUT2D eigenvalue weighted by atomic mass is 10.2. The molecule has 0 aliphatic carbocycles. The molecule has 2 heterocycles. The van der Waals surface area contributed by atoms with Gasteiger partial charge in [-0.05, 0) is 6.07 Å². The monoisotopic (exact) mass is 255 g/mol. The van der Waals surface area contributed by atoms with Crippen LogP contribution in [0.25, 0.3) is 0 Å². The smallest absolute Gasteiger partial charge is 0.258 e. The molecule has 2 aromatic rings. The third kappa shape index (κ3) is 3.40. The highest BCUT2D eigenvalue weighted by atomic mass is 16.1. The van der Waals surface area contributed by atoms with E-state index in [9.17, 15) is 4.79 Å². The Morgan fingerprint density at radius 2 is 2.37 bits per heavy atom. The Bertz CT molecular complexity index is 650. The topological polar surface area (TPSA) is 85.8 Å². The van der Waals surface area contributed by atoms with Crippen LogP contribution in [0.1, 0.15) is 15.9 Å². The summed E-state index contributed by atoms with van der Waals surface area (Å²) in [6.07, 6.45) is 4.81. The van der Waals surface area contributed by atoms with E-state index >= 15 is 0 Å². The number of anilines is 1. The number of nitrogens with one attached hydrogen (secondary N) is 1. The summed E-state index contributed by atoms with van der Waals surface area (Å²) in [7, 11) is 1.78. The second-order valence-corrected chi connectivity index (χ2v) is 3.80. The van der Waals surface area contributed by atoms with Crippen molar-refractivity contribution in [3.63, 3.8) is 0 Å². The van der Waals surface area contributed by atoms with Crippen LogP contribution in [0.5, 0.6) is 0 Å². The minimum absolute atomic E-state index is 0.268. The van der Waals surface area contributed by atoms with Crippen LogP contribution in [0.15, 0.2) is 30.7 Å². The molecule has 6 nitrogen and oxygen atoms in total. The summed E-state index contributed by atoms with van der Waals surface area (Å²) in [5.74, 6) is 5.76. The van der Waals surface area contributed by atoms with E-state index in [4.69, 9.17) is 5.73 Å². The Morgan fingerprint density at radius 1 is 1.53 bits per heavy atom. The number of amides is 1. The number of carbonyl (C=O) groups excluding carboxylic acids is 1. The molecular weight excluding hydrogens is 242 g/mol. The summed E-state index contributed by atoms with van der Waals surface area (Å²) in [5.41, 5.74) is 6.37. The molecule has 0 saturated carbocycles. The van der Waals surface area contributed by atoms with Crippen molar-refractivity contribution in [3.05, 3.63) is 41.9 Å². The lowest BCUT2D eigenvalue weighted by Crippen LogP contribution is -2.13. The molecule has 2 aromatic heterocycles. The maximum absolute atomic E-state index is 12.0. The third-order valence-corrected chi connectivity index (χ3v) is 2.29. The molecule has 19 heavy (non-hydrogen) atoms. The molecule has 6 heteroatoms. The Kier molecular flexibility index (Phi) is 3.90. The van der Waals surface area contributed by atoms with E-state index in [0.29, 0.717) is 16.9 Å². The molecule has 0 radical (unpaired) electrons. The van der Waals surface area contributed by atoms with Crippen LogP contribution >= 0.6 is 0 Å². The van der Waals surface area contributed by atoms with Crippen molar-refractivity contribution in [1.82, 2.24) is 14.8 Å². The van der Waals surface area contributed by atoms with Crippen molar-refractivity contribution < 1.29 is 4.79 Å². The molecule has 0 atom stereocenters. The Balaban J connectivity index is 2.15. The number of nitrogens with two attached hydrogens (primary N) is 1. The van der Waals surface area contributed by atoms with Crippen molar-refractivity contribution in [2.75, 3.05) is 11.9 Å². The molecule has 1 amide bonds. The van der Waals surface area contributed by atoms with Gasteiger partial charge in [0.1, 0.15) is 0 Å². The first-order valence-electron chi connectivity index (χ1n) is 5.64. The maximum atomic E-state index is 12.0. The van der Waals surface area contributed by atoms with Gasteiger partial charge in [-0.1, -0.05) is 11.8 Å². The molecule has 0 bridgehead atoms. The van der Waals surface area contributed by atoms with Gasteiger partial charge in [0.15, 0.2) is 5.82 Å². The second kappa shape index (κ2) is 5.80. The molecule has 0 spiro atoms. The number of nitrogens with zero attached hydrogens (tertiary/aromatic N) is 3. The van der Waals surface area contributed by atoms with E-state index in [1.165, 1.54) is 6.20 Å². The molecule has 96 valence electrons. The minimum atomic E-state index is -0.275. The van der Waals surface area contributed by atoms with Crippen LogP contribution in [-0.4, -0.2) is 27.2 Å². The molecule has 3 N–H and O–H groups in total. The number of hydrogen-bond donors (Lipinski definition) is 2. The van der Waals surface area contributed by atoms with Crippen molar-refractivity contribution in [1.29, 1.82) is 0 Å². The van der Waals surface area contributed by atoms with Gasteiger partial charge in [-0.15, -0.1) is 0 Å². The maximum Gasteiger partial charge on any atom is 0.258 e. The third-order valence-electron chi connectivity index (χ3n) is 2.29. The summed E-state index contributed by atoms with van der Waals surface area (Å²) in [6, 6.07) is 3.37. The number of rotatable bonds is 2. The summed E-state index contributed by atoms with van der Waals surface area (Å²) in [6.45, 7) is 0.268. The highest BCUT2D eigenvalue weighted by Crippen LogP contribution is 2.06. The predicted molar refractivity (Wildman–Crippen MR) is 71.3 cm³/mol. The van der Waals surface area contributed by atoms with Crippen molar-refractivity contribution in [2.45, 2.75) is 0 Å². The number of hydrogen-bond acceptors (Lipinski definition) is 4. The fraction of sp³-hybridized carbons (Fsp3) is 0.154. The molecule has 0 aromatic carbocycles. The zero-order valence-electron chi connectivity index (χ0n) is 10.4. The lowest BCUT2D eigenvalue weighted by Gasteiger charge is -2.01. The molecule has 0 unspecified atom stereocenters. The first kappa shape index (κ1) is 12.8. The second-order valence-electron chi connectivity index (χ2n) is 3.80. The van der Waals surface area contributed by atoms with Gasteiger partial charge >= 0.3 is 0 Å². The molecule has 0 saturated heterocycles. The summed E-state index contributed by atoms with van der Waals surface area (Å²) in [5, 5.41) is 6.75. The van der Waals surface area contributed by atoms with Gasteiger partial charge in [0.25, 0.3) is 5.91 Å². The Labute approximate surface area is 110 Å². The zero-order valence-corrected chi connectivity index (χ0v) is 10.4. The van der Waals surface area contributed by atoms with E-state index in [0.717, 1.165) is 0 Å². The van der Waals surface area contributed by atoms with Gasteiger partial charge in [-0.25, -0.2) is 0 Å². The zero-order chi connectivity index (χ0) is 13.7. The highest BCUT2D eigenvalue weighted by molar-refractivity contribution is 6.03. The number of pyridine rings is 1. The number of aryl methyl sites for hydroxylation is 1. The molecule has 0 fully saturated rings. The van der Waals surface area contributed by atoms with Gasteiger partial charge in [0.2, 0.25) is 0 Å². The first-order chi connectivity index (χ1) is 9.19. The fourth-order valence-corrected chi connectivity index (χ4v) is 1.46. The minimum Gasteiger partial charge on any atom is -0.320 e. The summed E-state index contributed by atoms with van der Waals surface area (Å²) >= 11 is 0. The van der Waals surface area contributed by atoms with Crippen molar-refractivity contribution >= 4 is 11.7 Å².